The van der Waals surface area contributed by atoms with E-state index in [4.69, 9.17) is 0 Å². The minimum atomic E-state index is -0.207. The number of nitrogens with one attached hydrogen (secondary N) is 2. The number of aromatic amines is 1. The molecule has 1 aliphatic carbocycles. The van der Waals surface area contributed by atoms with E-state index < -0.39 is 0 Å². The second-order valence-electron chi connectivity index (χ2n) is 5.67. The first kappa shape index (κ1) is 14.5. The molecular weight excluding hydrogens is 282 g/mol. The smallest absolute Gasteiger partial charge is 0.290 e. The molecule has 0 bridgehead atoms. The lowest BCUT2D eigenvalue weighted by atomic mass is 9.91. The highest BCUT2D eigenvalue weighted by Gasteiger charge is 2.24. The molecule has 0 saturated heterocycles. The molecule has 1 fully saturated rings. The summed E-state index contributed by atoms with van der Waals surface area (Å²) in [6.45, 7) is 1.89. The standard InChI is InChI=1S/C15H19N5O2/c1-10-2-7-13(21)20(19-10)12-5-3-11(4-6-12)18-14-15(22)17-9-8-16-14/h2,7-9,11-12H,3-6H2,1H3,(H,16,18)(H,17,22). The number of aryl methyl sites for hydroxylation is 1. The Morgan fingerprint density at radius 3 is 2.73 bits per heavy atom. The Balaban J connectivity index is 1.65. The van der Waals surface area contributed by atoms with Crippen LogP contribution in [0.15, 0.2) is 34.1 Å². The van der Waals surface area contributed by atoms with Crippen LogP contribution in [0.4, 0.5) is 5.82 Å². The van der Waals surface area contributed by atoms with Crippen molar-refractivity contribution >= 4 is 5.82 Å². The minimum absolute atomic E-state index is 0.0526. The second-order valence-corrected chi connectivity index (χ2v) is 5.67. The summed E-state index contributed by atoms with van der Waals surface area (Å²) in [6, 6.07) is 3.64. The van der Waals surface area contributed by atoms with Crippen molar-refractivity contribution in [2.45, 2.75) is 44.7 Å². The predicted molar refractivity (Wildman–Crippen MR) is 83.0 cm³/mol. The highest BCUT2D eigenvalue weighted by Crippen LogP contribution is 2.28. The summed E-state index contributed by atoms with van der Waals surface area (Å²) in [6.07, 6.45) is 6.55. The molecule has 1 aliphatic rings. The number of nitrogens with zero attached hydrogens (tertiary/aromatic N) is 3. The molecule has 1 saturated carbocycles. The lowest BCUT2D eigenvalue weighted by Gasteiger charge is -2.29. The molecule has 2 heterocycles. The van der Waals surface area contributed by atoms with E-state index in [0.29, 0.717) is 5.82 Å². The highest BCUT2D eigenvalue weighted by atomic mass is 16.1. The van der Waals surface area contributed by atoms with Crippen molar-refractivity contribution in [3.63, 3.8) is 0 Å². The fourth-order valence-corrected chi connectivity index (χ4v) is 2.90. The summed E-state index contributed by atoms with van der Waals surface area (Å²) in [5, 5.41) is 7.52. The SMILES string of the molecule is Cc1ccc(=O)n(C2CCC(Nc3ncc[nH]c3=O)CC2)n1. The van der Waals surface area contributed by atoms with Crippen LogP contribution in [-0.4, -0.2) is 25.8 Å². The van der Waals surface area contributed by atoms with Crippen molar-refractivity contribution in [1.82, 2.24) is 19.7 Å². The van der Waals surface area contributed by atoms with E-state index in [-0.39, 0.29) is 23.2 Å². The van der Waals surface area contributed by atoms with Gasteiger partial charge in [0, 0.05) is 24.5 Å². The fraction of sp³-hybridized carbons (Fsp3) is 0.467. The van der Waals surface area contributed by atoms with E-state index in [0.717, 1.165) is 31.4 Å². The van der Waals surface area contributed by atoms with Crippen molar-refractivity contribution in [2.24, 2.45) is 0 Å². The number of hydrogen-bond acceptors (Lipinski definition) is 5. The van der Waals surface area contributed by atoms with Crippen LogP contribution < -0.4 is 16.4 Å². The van der Waals surface area contributed by atoms with Crippen molar-refractivity contribution in [2.75, 3.05) is 5.32 Å². The topological polar surface area (TPSA) is 92.7 Å². The van der Waals surface area contributed by atoms with Gasteiger partial charge < -0.3 is 10.3 Å². The number of anilines is 1. The zero-order chi connectivity index (χ0) is 15.5. The molecule has 7 nitrogen and oxygen atoms in total. The van der Waals surface area contributed by atoms with Gasteiger partial charge in [-0.25, -0.2) is 9.67 Å². The van der Waals surface area contributed by atoms with Gasteiger partial charge in [0.2, 0.25) is 0 Å². The van der Waals surface area contributed by atoms with E-state index in [1.807, 2.05) is 6.92 Å². The van der Waals surface area contributed by atoms with Gasteiger partial charge in [0.15, 0.2) is 5.82 Å². The lowest BCUT2D eigenvalue weighted by molar-refractivity contribution is 0.302. The molecule has 2 N–H and O–H groups in total. The van der Waals surface area contributed by atoms with Gasteiger partial charge in [-0.15, -0.1) is 0 Å². The van der Waals surface area contributed by atoms with Crippen molar-refractivity contribution in [1.29, 1.82) is 0 Å². The van der Waals surface area contributed by atoms with Crippen LogP contribution in [0, 0.1) is 6.92 Å². The quantitative estimate of drug-likeness (QED) is 0.889. The predicted octanol–water partition coefficient (Wildman–Crippen LogP) is 1.23. The fourth-order valence-electron chi connectivity index (χ4n) is 2.90. The number of aromatic nitrogens is 4. The molecule has 7 heteroatoms. The van der Waals surface area contributed by atoms with Crippen molar-refractivity contribution < 1.29 is 0 Å². The summed E-state index contributed by atoms with van der Waals surface area (Å²) < 4.78 is 1.60. The average molecular weight is 301 g/mol. The van der Waals surface area contributed by atoms with Crippen molar-refractivity contribution in [3.05, 3.63) is 50.9 Å². The van der Waals surface area contributed by atoms with E-state index in [9.17, 15) is 9.59 Å². The Hall–Kier alpha value is -2.44. The highest BCUT2D eigenvalue weighted by molar-refractivity contribution is 5.31. The van der Waals surface area contributed by atoms with Crippen molar-refractivity contribution in [3.8, 4) is 0 Å². The molecule has 0 amide bonds. The Morgan fingerprint density at radius 2 is 2.00 bits per heavy atom. The maximum absolute atomic E-state index is 11.9. The molecule has 0 spiro atoms. The molecule has 2 aromatic heterocycles. The van der Waals surface area contributed by atoms with Crippen LogP contribution >= 0.6 is 0 Å². The second kappa shape index (κ2) is 6.13. The number of H-pyrrole nitrogens is 1. The van der Waals surface area contributed by atoms with E-state index in [1.54, 1.807) is 23.0 Å². The Labute approximate surface area is 127 Å². The van der Waals surface area contributed by atoms with Gasteiger partial charge in [0.1, 0.15) is 0 Å². The van der Waals surface area contributed by atoms with Crippen LogP contribution in [0.3, 0.4) is 0 Å². The molecule has 0 radical (unpaired) electrons. The normalized spacial score (nSPS) is 21.5. The molecule has 0 aromatic carbocycles. The van der Waals surface area contributed by atoms with Crippen LogP contribution in [0.1, 0.15) is 37.4 Å². The summed E-state index contributed by atoms with van der Waals surface area (Å²) in [7, 11) is 0. The molecule has 0 atom stereocenters. The Morgan fingerprint density at radius 1 is 1.23 bits per heavy atom. The summed E-state index contributed by atoms with van der Waals surface area (Å²) >= 11 is 0. The largest absolute Gasteiger partial charge is 0.363 e. The zero-order valence-corrected chi connectivity index (χ0v) is 12.5. The van der Waals surface area contributed by atoms with Gasteiger partial charge >= 0.3 is 0 Å². The van der Waals surface area contributed by atoms with Gasteiger partial charge in [-0.1, -0.05) is 0 Å². The number of rotatable bonds is 3. The molecule has 3 rings (SSSR count). The van der Waals surface area contributed by atoms with Gasteiger partial charge in [-0.3, -0.25) is 9.59 Å². The Kier molecular flexibility index (Phi) is 4.04. The van der Waals surface area contributed by atoms with Gasteiger partial charge in [0.25, 0.3) is 11.1 Å². The third-order valence-corrected chi connectivity index (χ3v) is 4.05. The average Bonchev–Trinajstić information content (AvgIpc) is 2.53. The van der Waals surface area contributed by atoms with E-state index in [2.05, 4.69) is 20.4 Å². The first-order chi connectivity index (χ1) is 10.6. The molecule has 2 aromatic rings. The van der Waals surface area contributed by atoms with Crippen LogP contribution in [-0.2, 0) is 0 Å². The molecular formula is C15H19N5O2. The monoisotopic (exact) mass is 301 g/mol. The Bertz CT molecular complexity index is 759. The summed E-state index contributed by atoms with van der Waals surface area (Å²) in [5.41, 5.74) is 0.587. The first-order valence-electron chi connectivity index (χ1n) is 7.50. The molecule has 0 aliphatic heterocycles. The first-order valence-corrected chi connectivity index (χ1v) is 7.50. The van der Waals surface area contributed by atoms with Crippen LogP contribution in [0.25, 0.3) is 0 Å². The number of hydrogen-bond donors (Lipinski definition) is 2. The summed E-state index contributed by atoms with van der Waals surface area (Å²) in [5.74, 6) is 0.358. The van der Waals surface area contributed by atoms with Gasteiger partial charge in [0.05, 0.1) is 11.7 Å². The van der Waals surface area contributed by atoms with Crippen LogP contribution in [0.2, 0.25) is 0 Å². The molecule has 22 heavy (non-hydrogen) atoms. The summed E-state index contributed by atoms with van der Waals surface area (Å²) in [4.78, 5) is 30.2. The minimum Gasteiger partial charge on any atom is -0.363 e. The third-order valence-electron chi connectivity index (χ3n) is 4.05. The molecule has 116 valence electrons. The third kappa shape index (κ3) is 3.08. The lowest BCUT2D eigenvalue weighted by Crippen LogP contribution is -2.34. The van der Waals surface area contributed by atoms with Crippen LogP contribution in [0.5, 0.6) is 0 Å². The van der Waals surface area contributed by atoms with Gasteiger partial charge in [-0.2, -0.15) is 5.10 Å². The zero-order valence-electron chi connectivity index (χ0n) is 12.5. The molecule has 0 unspecified atom stereocenters. The van der Waals surface area contributed by atoms with Gasteiger partial charge in [-0.05, 0) is 38.7 Å². The maximum atomic E-state index is 11.9. The maximum Gasteiger partial charge on any atom is 0.290 e. The van der Waals surface area contributed by atoms with E-state index >= 15 is 0 Å². The van der Waals surface area contributed by atoms with E-state index in [1.165, 1.54) is 6.20 Å².